The molecule has 0 atom stereocenters. The molecule has 1 saturated carbocycles. The number of carbonyl (C=O) groups excluding carboxylic acids is 2. The number of aromatic nitrogens is 5. The van der Waals surface area contributed by atoms with Gasteiger partial charge in [-0.1, -0.05) is 17.3 Å². The van der Waals surface area contributed by atoms with Crippen LogP contribution in [0.1, 0.15) is 38.5 Å². The van der Waals surface area contributed by atoms with Crippen molar-refractivity contribution in [2.45, 2.75) is 50.6 Å². The molecular weight excluding hydrogens is 382 g/mol. The number of imide groups is 1. The van der Waals surface area contributed by atoms with Crippen molar-refractivity contribution in [3.63, 3.8) is 0 Å². The number of amides is 2. The Hall–Kier alpha value is -3.36. The van der Waals surface area contributed by atoms with E-state index in [4.69, 9.17) is 4.98 Å². The predicted octanol–water partition coefficient (Wildman–Crippen LogP) is 2.11. The Morgan fingerprint density at radius 3 is 2.50 bits per heavy atom. The molecule has 9 heteroatoms. The molecule has 0 unspecified atom stereocenters. The minimum Gasteiger partial charge on any atom is -0.341 e. The molecule has 2 fully saturated rings. The van der Waals surface area contributed by atoms with Crippen LogP contribution in [0.25, 0.3) is 16.9 Å². The van der Waals surface area contributed by atoms with Gasteiger partial charge in [-0.25, -0.2) is 4.98 Å². The zero-order chi connectivity index (χ0) is 20.7. The van der Waals surface area contributed by atoms with Crippen molar-refractivity contribution in [1.82, 2.24) is 29.9 Å². The molecule has 2 aliphatic rings. The fourth-order valence-electron chi connectivity index (χ4n) is 4.53. The normalized spacial score (nSPS) is 22.1. The molecule has 3 heterocycles. The van der Waals surface area contributed by atoms with Gasteiger partial charge in [-0.2, -0.15) is 9.67 Å². The molecule has 1 aliphatic heterocycles. The quantitative estimate of drug-likeness (QED) is 0.613. The Labute approximate surface area is 173 Å². The molecule has 1 saturated heterocycles. The molecule has 1 aliphatic carbocycles. The Kier molecular flexibility index (Phi) is 4.65. The van der Waals surface area contributed by atoms with Crippen molar-refractivity contribution in [3.8, 4) is 5.82 Å². The highest BCUT2D eigenvalue weighted by Crippen LogP contribution is 2.30. The van der Waals surface area contributed by atoms with E-state index in [1.807, 2.05) is 37.4 Å². The lowest BCUT2D eigenvalue weighted by atomic mass is 9.89. The van der Waals surface area contributed by atoms with Gasteiger partial charge in [0.05, 0.1) is 5.52 Å². The van der Waals surface area contributed by atoms with E-state index in [9.17, 15) is 9.59 Å². The molecule has 9 nitrogen and oxygen atoms in total. The standard InChI is InChI=1S/C21H23N7O2/c1-26(14-6-8-15(9-7-14)27-19(29)10-11-20(27)30)21-22-13-12-18(23-21)28-17-5-3-2-4-16(17)24-25-28/h2-5,12-15H,6-11H2,1H3/t14-,15-. The molecule has 154 valence electrons. The van der Waals surface area contributed by atoms with Crippen LogP contribution in [0.3, 0.4) is 0 Å². The molecular formula is C21H23N7O2. The fraction of sp³-hybridized carbons (Fsp3) is 0.429. The fourth-order valence-corrected chi connectivity index (χ4v) is 4.53. The van der Waals surface area contributed by atoms with Crippen molar-refractivity contribution in [3.05, 3.63) is 36.5 Å². The number of benzene rings is 1. The molecule has 1 aromatic carbocycles. The maximum Gasteiger partial charge on any atom is 0.229 e. The summed E-state index contributed by atoms with van der Waals surface area (Å²) in [6, 6.07) is 9.87. The van der Waals surface area contributed by atoms with Gasteiger partial charge in [0.1, 0.15) is 5.52 Å². The second kappa shape index (κ2) is 7.47. The van der Waals surface area contributed by atoms with Gasteiger partial charge in [0, 0.05) is 44.2 Å². The monoisotopic (exact) mass is 405 g/mol. The average Bonchev–Trinajstić information content (AvgIpc) is 3.36. The number of hydrogen-bond donors (Lipinski definition) is 0. The first-order valence-corrected chi connectivity index (χ1v) is 10.3. The van der Waals surface area contributed by atoms with Gasteiger partial charge in [-0.3, -0.25) is 14.5 Å². The third kappa shape index (κ3) is 3.20. The van der Waals surface area contributed by atoms with E-state index < -0.39 is 0 Å². The van der Waals surface area contributed by atoms with Crippen LogP contribution in [0.2, 0.25) is 0 Å². The minimum absolute atomic E-state index is 0.0205. The van der Waals surface area contributed by atoms with Crippen LogP contribution in [-0.2, 0) is 9.59 Å². The number of hydrogen-bond acceptors (Lipinski definition) is 7. The molecule has 2 aromatic heterocycles. The Balaban J connectivity index is 1.31. The number of likely N-dealkylation sites (tertiary alicyclic amines) is 1. The zero-order valence-electron chi connectivity index (χ0n) is 16.8. The summed E-state index contributed by atoms with van der Waals surface area (Å²) in [5.74, 6) is 1.26. The van der Waals surface area contributed by atoms with Crippen molar-refractivity contribution in [2.24, 2.45) is 0 Å². The number of nitrogens with zero attached hydrogens (tertiary/aromatic N) is 7. The lowest BCUT2D eigenvalue weighted by Gasteiger charge is -2.37. The Morgan fingerprint density at radius 2 is 1.73 bits per heavy atom. The van der Waals surface area contributed by atoms with Crippen LogP contribution in [0.5, 0.6) is 0 Å². The van der Waals surface area contributed by atoms with E-state index in [-0.39, 0.29) is 23.9 Å². The summed E-state index contributed by atoms with van der Waals surface area (Å²) in [4.78, 5) is 36.8. The molecule has 0 spiro atoms. The summed E-state index contributed by atoms with van der Waals surface area (Å²) in [6.45, 7) is 0. The first-order valence-electron chi connectivity index (χ1n) is 10.3. The first-order chi connectivity index (χ1) is 14.6. The number of fused-ring (bicyclic) bond motifs is 1. The topological polar surface area (TPSA) is 97.1 Å². The van der Waals surface area contributed by atoms with Crippen LogP contribution in [0, 0.1) is 0 Å². The molecule has 3 aromatic rings. The molecule has 0 bridgehead atoms. The summed E-state index contributed by atoms with van der Waals surface area (Å²) < 4.78 is 1.72. The highest BCUT2D eigenvalue weighted by Gasteiger charge is 2.37. The van der Waals surface area contributed by atoms with Crippen LogP contribution in [0.4, 0.5) is 5.95 Å². The van der Waals surface area contributed by atoms with Crippen molar-refractivity contribution < 1.29 is 9.59 Å². The van der Waals surface area contributed by atoms with Gasteiger partial charge in [-0.05, 0) is 37.8 Å². The largest absolute Gasteiger partial charge is 0.341 e. The van der Waals surface area contributed by atoms with Gasteiger partial charge in [0.2, 0.25) is 17.8 Å². The van der Waals surface area contributed by atoms with Gasteiger partial charge in [0.15, 0.2) is 5.82 Å². The van der Waals surface area contributed by atoms with E-state index >= 15 is 0 Å². The number of rotatable bonds is 4. The van der Waals surface area contributed by atoms with Crippen LogP contribution >= 0.6 is 0 Å². The van der Waals surface area contributed by atoms with Gasteiger partial charge in [0.25, 0.3) is 0 Å². The van der Waals surface area contributed by atoms with Crippen LogP contribution in [-0.4, -0.2) is 60.8 Å². The molecule has 2 amide bonds. The molecule has 0 N–H and O–H groups in total. The third-order valence-electron chi connectivity index (χ3n) is 6.18. The summed E-state index contributed by atoms with van der Waals surface area (Å²) in [7, 11) is 2.00. The van der Waals surface area contributed by atoms with Gasteiger partial charge in [-0.15, -0.1) is 5.10 Å². The number of para-hydroxylation sites is 1. The lowest BCUT2D eigenvalue weighted by molar-refractivity contribution is -0.141. The molecule has 30 heavy (non-hydrogen) atoms. The van der Waals surface area contributed by atoms with E-state index in [1.54, 1.807) is 10.9 Å². The van der Waals surface area contributed by atoms with Crippen molar-refractivity contribution >= 4 is 28.8 Å². The number of anilines is 1. The van der Waals surface area contributed by atoms with Crippen molar-refractivity contribution in [2.75, 3.05) is 11.9 Å². The minimum atomic E-state index is -0.0205. The first kappa shape index (κ1) is 18.7. The van der Waals surface area contributed by atoms with E-state index in [1.165, 1.54) is 4.90 Å². The van der Waals surface area contributed by atoms with Crippen LogP contribution in [0.15, 0.2) is 36.5 Å². The average molecular weight is 405 g/mol. The van der Waals surface area contributed by atoms with Crippen LogP contribution < -0.4 is 4.90 Å². The van der Waals surface area contributed by atoms with E-state index in [2.05, 4.69) is 20.2 Å². The Bertz CT molecular complexity index is 1090. The number of carbonyl (C=O) groups is 2. The lowest BCUT2D eigenvalue weighted by Crippen LogP contribution is -2.45. The maximum absolute atomic E-state index is 12.0. The second-order valence-corrected chi connectivity index (χ2v) is 7.94. The Morgan fingerprint density at radius 1 is 1.00 bits per heavy atom. The molecule has 5 rings (SSSR count). The zero-order valence-corrected chi connectivity index (χ0v) is 16.8. The smallest absolute Gasteiger partial charge is 0.229 e. The SMILES string of the molecule is CN(c1nccc(-n2nnc3ccccc32)n1)[C@H]1CC[C@H](N2C(=O)CCC2=O)CC1. The van der Waals surface area contributed by atoms with E-state index in [0.717, 1.165) is 36.7 Å². The highest BCUT2D eigenvalue weighted by molar-refractivity contribution is 6.02. The molecule has 0 radical (unpaired) electrons. The summed E-state index contributed by atoms with van der Waals surface area (Å²) in [5, 5.41) is 8.43. The van der Waals surface area contributed by atoms with E-state index in [0.29, 0.717) is 24.6 Å². The van der Waals surface area contributed by atoms with Gasteiger partial charge < -0.3 is 4.90 Å². The third-order valence-corrected chi connectivity index (χ3v) is 6.18. The highest BCUT2D eigenvalue weighted by atomic mass is 16.2. The van der Waals surface area contributed by atoms with Gasteiger partial charge >= 0.3 is 0 Å². The summed E-state index contributed by atoms with van der Waals surface area (Å²) in [6.07, 6.45) is 5.86. The maximum atomic E-state index is 12.0. The summed E-state index contributed by atoms with van der Waals surface area (Å²) >= 11 is 0. The summed E-state index contributed by atoms with van der Waals surface area (Å²) in [5.41, 5.74) is 1.71. The second-order valence-electron chi connectivity index (χ2n) is 7.94. The van der Waals surface area contributed by atoms with Crippen molar-refractivity contribution in [1.29, 1.82) is 0 Å². The predicted molar refractivity (Wildman–Crippen MR) is 110 cm³/mol.